The lowest BCUT2D eigenvalue weighted by Crippen LogP contribution is -2.29. The highest BCUT2D eigenvalue weighted by atomic mass is 35.5. The molecule has 1 amide bonds. The van der Waals surface area contributed by atoms with Crippen LogP contribution >= 0.6 is 23.7 Å². The first kappa shape index (κ1) is 14.8. The molecule has 1 aromatic heterocycles. The molecule has 0 fully saturated rings. The van der Waals surface area contributed by atoms with E-state index in [0.717, 1.165) is 11.3 Å². The Labute approximate surface area is 103 Å². The zero-order valence-corrected chi connectivity index (χ0v) is 10.2. The van der Waals surface area contributed by atoms with E-state index in [9.17, 15) is 14.9 Å². The average molecular weight is 266 g/mol. The zero-order chi connectivity index (χ0) is 11.3. The smallest absolute Gasteiger partial charge is 0.324 e. The summed E-state index contributed by atoms with van der Waals surface area (Å²) in [6.45, 7) is 1.17. The van der Waals surface area contributed by atoms with Crippen molar-refractivity contribution in [1.82, 2.24) is 10.6 Å². The fraction of sp³-hybridized carbons (Fsp3) is 0.375. The Kier molecular flexibility index (Phi) is 6.63. The predicted octanol–water partition coefficient (Wildman–Crippen LogP) is 1.03. The van der Waals surface area contributed by atoms with Gasteiger partial charge < -0.3 is 10.6 Å². The van der Waals surface area contributed by atoms with Gasteiger partial charge in [-0.1, -0.05) is 11.3 Å². The van der Waals surface area contributed by atoms with Gasteiger partial charge in [-0.3, -0.25) is 14.9 Å². The topological polar surface area (TPSA) is 84.3 Å². The van der Waals surface area contributed by atoms with Crippen LogP contribution < -0.4 is 10.6 Å². The summed E-state index contributed by atoms with van der Waals surface area (Å²) in [5.74, 6) is -0.275. The number of nitrogens with one attached hydrogen (secondary N) is 2. The molecule has 0 aliphatic heterocycles. The van der Waals surface area contributed by atoms with Crippen LogP contribution in [0.2, 0.25) is 0 Å². The molecule has 0 saturated carbocycles. The number of thiophene rings is 1. The van der Waals surface area contributed by atoms with Gasteiger partial charge in [-0.2, -0.15) is 0 Å². The number of carbonyl (C=O) groups is 1. The van der Waals surface area contributed by atoms with Crippen molar-refractivity contribution in [1.29, 1.82) is 0 Å². The van der Waals surface area contributed by atoms with Gasteiger partial charge in [0.1, 0.15) is 0 Å². The average Bonchev–Trinajstić information content (AvgIpc) is 2.66. The van der Waals surface area contributed by atoms with E-state index in [-0.39, 0.29) is 23.3 Å². The number of likely N-dealkylation sites (N-methyl/N-ethyl adjacent to an activating group) is 1. The Morgan fingerprint density at radius 3 is 2.69 bits per heavy atom. The third kappa shape index (κ3) is 4.13. The van der Waals surface area contributed by atoms with Crippen molar-refractivity contribution in [3.05, 3.63) is 27.1 Å². The number of hydrogen-bond donors (Lipinski definition) is 2. The fourth-order valence-corrected chi connectivity index (χ4v) is 1.67. The second kappa shape index (κ2) is 7.15. The quantitative estimate of drug-likeness (QED) is 0.473. The number of hydrogen-bond acceptors (Lipinski definition) is 5. The summed E-state index contributed by atoms with van der Waals surface area (Å²) in [7, 11) is 1.78. The van der Waals surface area contributed by atoms with Crippen LogP contribution in [-0.4, -0.2) is 31.0 Å². The molecule has 0 aromatic carbocycles. The Balaban J connectivity index is 0.00000225. The van der Waals surface area contributed by atoms with E-state index in [2.05, 4.69) is 10.6 Å². The maximum Gasteiger partial charge on any atom is 0.324 e. The highest BCUT2D eigenvalue weighted by Gasteiger charge is 2.14. The minimum atomic E-state index is -0.505. The van der Waals surface area contributed by atoms with Crippen molar-refractivity contribution in [2.75, 3.05) is 20.1 Å². The van der Waals surface area contributed by atoms with Crippen LogP contribution in [0.3, 0.4) is 0 Å². The van der Waals surface area contributed by atoms with Crippen molar-refractivity contribution < 1.29 is 9.72 Å². The fourth-order valence-electron chi connectivity index (χ4n) is 0.936. The number of amides is 1. The second-order valence-corrected chi connectivity index (χ2v) is 3.82. The van der Waals surface area contributed by atoms with Gasteiger partial charge in [-0.15, -0.1) is 12.4 Å². The highest BCUT2D eigenvalue weighted by Crippen LogP contribution is 2.23. The summed E-state index contributed by atoms with van der Waals surface area (Å²) in [6, 6.07) is 2.79. The van der Waals surface area contributed by atoms with E-state index in [4.69, 9.17) is 0 Å². The monoisotopic (exact) mass is 265 g/mol. The Morgan fingerprint density at radius 2 is 2.19 bits per heavy atom. The molecule has 0 bridgehead atoms. The van der Waals surface area contributed by atoms with Crippen molar-refractivity contribution in [3.63, 3.8) is 0 Å². The van der Waals surface area contributed by atoms with Gasteiger partial charge in [-0.05, 0) is 13.1 Å². The molecule has 90 valence electrons. The molecule has 0 saturated heterocycles. The molecular formula is C8H12ClN3O3S. The molecular weight excluding hydrogens is 254 g/mol. The maximum absolute atomic E-state index is 11.4. The number of rotatable bonds is 5. The van der Waals surface area contributed by atoms with E-state index in [1.165, 1.54) is 12.1 Å². The van der Waals surface area contributed by atoms with E-state index in [1.807, 2.05) is 0 Å². The van der Waals surface area contributed by atoms with Crippen LogP contribution in [0.25, 0.3) is 0 Å². The third-order valence-corrected chi connectivity index (χ3v) is 2.69. The molecule has 0 radical (unpaired) electrons. The Morgan fingerprint density at radius 1 is 1.50 bits per heavy atom. The van der Waals surface area contributed by atoms with Crippen LogP contribution in [0.15, 0.2) is 12.1 Å². The number of nitro groups is 1. The molecule has 6 nitrogen and oxygen atoms in total. The second-order valence-electron chi connectivity index (χ2n) is 2.75. The predicted molar refractivity (Wildman–Crippen MR) is 64.5 cm³/mol. The molecule has 0 spiro atoms. The van der Waals surface area contributed by atoms with E-state index >= 15 is 0 Å². The molecule has 0 atom stereocenters. The Bertz CT molecular complexity index is 369. The van der Waals surface area contributed by atoms with E-state index < -0.39 is 4.92 Å². The molecule has 2 N–H and O–H groups in total. The van der Waals surface area contributed by atoms with Gasteiger partial charge in [0.05, 0.1) is 9.80 Å². The van der Waals surface area contributed by atoms with Crippen LogP contribution in [0, 0.1) is 10.1 Å². The third-order valence-electron chi connectivity index (χ3n) is 1.66. The lowest BCUT2D eigenvalue weighted by atomic mass is 10.4. The summed E-state index contributed by atoms with van der Waals surface area (Å²) in [4.78, 5) is 21.6. The van der Waals surface area contributed by atoms with Crippen molar-refractivity contribution >= 4 is 34.7 Å². The largest absolute Gasteiger partial charge is 0.350 e. The highest BCUT2D eigenvalue weighted by molar-refractivity contribution is 7.17. The first-order valence-corrected chi connectivity index (χ1v) is 5.14. The SMILES string of the molecule is CNCCNC(=O)c1ccc([N+](=O)[O-])s1.Cl. The standard InChI is InChI=1S/C8H11N3O3S.ClH/c1-9-4-5-10-8(12)6-2-3-7(15-6)11(13)14;/h2-3,9H,4-5H2,1H3,(H,10,12);1H. The van der Waals surface area contributed by atoms with Crippen LogP contribution in [0.5, 0.6) is 0 Å². The summed E-state index contributed by atoms with van der Waals surface area (Å²) in [6.07, 6.45) is 0. The summed E-state index contributed by atoms with van der Waals surface area (Å²) >= 11 is 0.876. The maximum atomic E-state index is 11.4. The summed E-state index contributed by atoms with van der Waals surface area (Å²) in [5.41, 5.74) is 0. The number of nitrogens with zero attached hydrogens (tertiary/aromatic N) is 1. The Hall–Kier alpha value is -1.18. The van der Waals surface area contributed by atoms with Gasteiger partial charge in [-0.25, -0.2) is 0 Å². The van der Waals surface area contributed by atoms with Gasteiger partial charge in [0.25, 0.3) is 5.91 Å². The first-order chi connectivity index (χ1) is 7.15. The van der Waals surface area contributed by atoms with Crippen LogP contribution in [-0.2, 0) is 0 Å². The van der Waals surface area contributed by atoms with Gasteiger partial charge in [0, 0.05) is 19.2 Å². The molecule has 0 unspecified atom stereocenters. The minimum Gasteiger partial charge on any atom is -0.350 e. The number of carbonyl (C=O) groups excluding carboxylic acids is 1. The van der Waals surface area contributed by atoms with Crippen LogP contribution in [0.1, 0.15) is 9.67 Å². The lowest BCUT2D eigenvalue weighted by molar-refractivity contribution is -0.380. The van der Waals surface area contributed by atoms with Gasteiger partial charge >= 0.3 is 5.00 Å². The molecule has 1 rings (SSSR count). The molecule has 0 aliphatic rings. The molecule has 0 aliphatic carbocycles. The van der Waals surface area contributed by atoms with Gasteiger partial charge in [0.15, 0.2) is 0 Å². The molecule has 1 aromatic rings. The van der Waals surface area contributed by atoms with Gasteiger partial charge in [0.2, 0.25) is 0 Å². The van der Waals surface area contributed by atoms with Crippen molar-refractivity contribution in [3.8, 4) is 0 Å². The van der Waals surface area contributed by atoms with Crippen molar-refractivity contribution in [2.24, 2.45) is 0 Å². The number of halogens is 1. The molecule has 16 heavy (non-hydrogen) atoms. The van der Waals surface area contributed by atoms with Crippen LogP contribution in [0.4, 0.5) is 5.00 Å². The normalized spacial score (nSPS) is 9.31. The zero-order valence-electron chi connectivity index (χ0n) is 8.56. The summed E-state index contributed by atoms with van der Waals surface area (Å²) < 4.78 is 0. The van der Waals surface area contributed by atoms with E-state index in [0.29, 0.717) is 18.0 Å². The minimum absolute atomic E-state index is 0. The summed E-state index contributed by atoms with van der Waals surface area (Å²) in [5, 5.41) is 15.9. The van der Waals surface area contributed by atoms with E-state index in [1.54, 1.807) is 7.05 Å². The molecule has 1 heterocycles. The molecule has 8 heteroatoms. The first-order valence-electron chi connectivity index (χ1n) is 4.32. The van der Waals surface area contributed by atoms with Crippen molar-refractivity contribution in [2.45, 2.75) is 0 Å². The lowest BCUT2D eigenvalue weighted by Gasteiger charge is -2.01.